The first-order valence-electron chi connectivity index (χ1n) is 9.07. The number of nitrogens with one attached hydrogen (secondary N) is 1. The van der Waals surface area contributed by atoms with Gasteiger partial charge in [0.25, 0.3) is 11.8 Å². The van der Waals surface area contributed by atoms with E-state index in [1.165, 1.54) is 4.90 Å². The predicted molar refractivity (Wildman–Crippen MR) is 97.5 cm³/mol. The number of rotatable bonds is 5. The number of imide groups is 1. The number of nitrogens with zero attached hydrogens (tertiary/aromatic N) is 2. The second kappa shape index (κ2) is 7.46. The minimum Gasteiger partial charge on any atom is -0.497 e. The molecule has 2 aliphatic rings. The Morgan fingerprint density at radius 1 is 1.22 bits per heavy atom. The Kier molecular flexibility index (Phi) is 5.25. The van der Waals surface area contributed by atoms with Gasteiger partial charge in [0.15, 0.2) is 6.61 Å². The summed E-state index contributed by atoms with van der Waals surface area (Å²) in [6.07, 6.45) is 0.817. The molecule has 0 bridgehead atoms. The van der Waals surface area contributed by atoms with Crippen LogP contribution in [0.5, 0.6) is 11.5 Å². The Morgan fingerprint density at radius 2 is 1.89 bits per heavy atom. The van der Waals surface area contributed by atoms with Crippen LogP contribution >= 0.6 is 0 Å². The number of carbonyl (C=O) groups is 3. The van der Waals surface area contributed by atoms with Crippen molar-refractivity contribution in [2.24, 2.45) is 0 Å². The predicted octanol–water partition coefficient (Wildman–Crippen LogP) is 1.40. The second-order valence-electron chi connectivity index (χ2n) is 7.13. The summed E-state index contributed by atoms with van der Waals surface area (Å²) in [6, 6.07) is 6.52. The molecule has 0 aromatic heterocycles. The van der Waals surface area contributed by atoms with E-state index in [2.05, 4.69) is 5.32 Å². The van der Waals surface area contributed by atoms with Gasteiger partial charge in [-0.2, -0.15) is 0 Å². The summed E-state index contributed by atoms with van der Waals surface area (Å²) >= 11 is 0. The number of benzene rings is 1. The number of urea groups is 1. The van der Waals surface area contributed by atoms with Gasteiger partial charge in [-0.1, -0.05) is 6.07 Å². The molecule has 1 N–H and O–H groups in total. The Morgan fingerprint density at radius 3 is 2.48 bits per heavy atom. The maximum Gasteiger partial charge on any atom is 0.325 e. The maximum atomic E-state index is 12.7. The third-order valence-corrected chi connectivity index (χ3v) is 5.08. The Labute approximate surface area is 158 Å². The van der Waals surface area contributed by atoms with E-state index >= 15 is 0 Å². The third kappa shape index (κ3) is 3.70. The van der Waals surface area contributed by atoms with Crippen molar-refractivity contribution in [1.82, 2.24) is 15.1 Å². The van der Waals surface area contributed by atoms with Gasteiger partial charge in [-0.25, -0.2) is 4.79 Å². The van der Waals surface area contributed by atoms with Crippen LogP contribution in [0.25, 0.3) is 0 Å². The fourth-order valence-corrected chi connectivity index (χ4v) is 3.51. The summed E-state index contributed by atoms with van der Waals surface area (Å²) in [5, 5.41) is 2.83. The van der Waals surface area contributed by atoms with E-state index in [1.807, 2.05) is 13.8 Å². The average molecular weight is 375 g/mol. The molecule has 146 valence electrons. The van der Waals surface area contributed by atoms with Crippen LogP contribution in [0.4, 0.5) is 4.79 Å². The summed E-state index contributed by atoms with van der Waals surface area (Å²) < 4.78 is 10.7. The summed E-state index contributed by atoms with van der Waals surface area (Å²) in [7, 11) is 1.57. The third-order valence-electron chi connectivity index (χ3n) is 5.08. The molecule has 2 heterocycles. The average Bonchev–Trinajstić information content (AvgIpc) is 2.90. The number of methoxy groups -OCH3 is 1. The summed E-state index contributed by atoms with van der Waals surface area (Å²) in [5.74, 6) is 0.874. The molecule has 0 unspecified atom stereocenters. The molecular weight excluding hydrogens is 350 g/mol. The smallest absolute Gasteiger partial charge is 0.325 e. The number of carbonyl (C=O) groups excluding carboxylic acids is 3. The zero-order valence-electron chi connectivity index (χ0n) is 15.9. The maximum absolute atomic E-state index is 12.7. The number of piperidine rings is 1. The molecule has 8 nitrogen and oxygen atoms in total. The quantitative estimate of drug-likeness (QED) is 0.786. The summed E-state index contributed by atoms with van der Waals surface area (Å²) in [5.41, 5.74) is -0.883. The molecule has 0 aliphatic carbocycles. The number of ether oxygens (including phenoxy) is 2. The molecule has 0 saturated carbocycles. The molecule has 2 fully saturated rings. The Bertz CT molecular complexity index is 741. The molecule has 2 saturated heterocycles. The molecule has 1 aromatic rings. The van der Waals surface area contributed by atoms with Gasteiger partial charge in [0, 0.05) is 25.2 Å². The monoisotopic (exact) mass is 375 g/mol. The van der Waals surface area contributed by atoms with Gasteiger partial charge in [-0.15, -0.1) is 0 Å². The molecule has 1 aromatic carbocycles. The van der Waals surface area contributed by atoms with E-state index in [0.29, 0.717) is 37.4 Å². The number of hydrogen-bond donors (Lipinski definition) is 1. The molecule has 27 heavy (non-hydrogen) atoms. The SMILES string of the molecule is COc1cccc(OCC(=O)N2CCC3(CC2)NC(=O)N(C(C)C)C3=O)c1. The number of amides is 4. The van der Waals surface area contributed by atoms with Crippen LogP contribution < -0.4 is 14.8 Å². The van der Waals surface area contributed by atoms with E-state index in [-0.39, 0.29) is 30.5 Å². The van der Waals surface area contributed by atoms with Gasteiger partial charge in [-0.05, 0) is 38.8 Å². The van der Waals surface area contributed by atoms with Crippen molar-refractivity contribution in [1.29, 1.82) is 0 Å². The normalized spacial score (nSPS) is 18.8. The first-order chi connectivity index (χ1) is 12.9. The zero-order chi connectivity index (χ0) is 19.6. The fourth-order valence-electron chi connectivity index (χ4n) is 3.51. The topological polar surface area (TPSA) is 88.2 Å². The van der Waals surface area contributed by atoms with Crippen molar-refractivity contribution in [3.05, 3.63) is 24.3 Å². The second-order valence-corrected chi connectivity index (χ2v) is 7.13. The van der Waals surface area contributed by atoms with Gasteiger partial charge in [0.2, 0.25) is 0 Å². The number of hydrogen-bond acceptors (Lipinski definition) is 5. The highest BCUT2D eigenvalue weighted by atomic mass is 16.5. The highest BCUT2D eigenvalue weighted by Crippen LogP contribution is 2.30. The van der Waals surface area contributed by atoms with Gasteiger partial charge < -0.3 is 19.7 Å². The Hall–Kier alpha value is -2.77. The van der Waals surface area contributed by atoms with Crippen LogP contribution in [0.3, 0.4) is 0 Å². The molecular formula is C19H25N3O5. The zero-order valence-corrected chi connectivity index (χ0v) is 15.9. The number of likely N-dealkylation sites (tertiary alicyclic amines) is 1. The van der Waals surface area contributed by atoms with Gasteiger partial charge in [0.1, 0.15) is 17.0 Å². The first-order valence-corrected chi connectivity index (χ1v) is 9.07. The van der Waals surface area contributed by atoms with Gasteiger partial charge in [-0.3, -0.25) is 14.5 Å². The van der Waals surface area contributed by atoms with Crippen molar-refractivity contribution < 1.29 is 23.9 Å². The minimum absolute atomic E-state index is 0.0847. The highest BCUT2D eigenvalue weighted by Gasteiger charge is 2.53. The van der Waals surface area contributed by atoms with Crippen molar-refractivity contribution in [3.8, 4) is 11.5 Å². The van der Waals surface area contributed by atoms with Crippen molar-refractivity contribution >= 4 is 17.8 Å². The van der Waals surface area contributed by atoms with E-state index < -0.39 is 5.54 Å². The van der Waals surface area contributed by atoms with E-state index in [4.69, 9.17) is 9.47 Å². The molecule has 0 atom stereocenters. The Balaban J connectivity index is 1.55. The first kappa shape index (κ1) is 19.0. The summed E-state index contributed by atoms with van der Waals surface area (Å²) in [4.78, 5) is 40.2. The largest absolute Gasteiger partial charge is 0.497 e. The molecule has 1 spiro atoms. The molecule has 8 heteroatoms. The van der Waals surface area contributed by atoms with Crippen molar-refractivity contribution in [2.45, 2.75) is 38.3 Å². The van der Waals surface area contributed by atoms with E-state index in [0.717, 1.165) is 0 Å². The minimum atomic E-state index is -0.883. The highest BCUT2D eigenvalue weighted by molar-refractivity contribution is 6.07. The van der Waals surface area contributed by atoms with Crippen molar-refractivity contribution in [3.63, 3.8) is 0 Å². The lowest BCUT2D eigenvalue weighted by Crippen LogP contribution is -2.56. The molecule has 4 amide bonds. The lowest BCUT2D eigenvalue weighted by Gasteiger charge is -2.37. The van der Waals surface area contributed by atoms with Crippen molar-refractivity contribution in [2.75, 3.05) is 26.8 Å². The van der Waals surface area contributed by atoms with Crippen LogP contribution in [0, 0.1) is 0 Å². The van der Waals surface area contributed by atoms with E-state index in [9.17, 15) is 14.4 Å². The standard InChI is InChI=1S/C19H25N3O5/c1-13(2)22-17(24)19(20-18(22)25)7-9-21(10-8-19)16(23)12-27-15-6-4-5-14(11-15)26-3/h4-6,11,13H,7-10,12H2,1-3H3,(H,20,25). The lowest BCUT2D eigenvalue weighted by atomic mass is 9.87. The summed E-state index contributed by atoms with van der Waals surface area (Å²) in [6.45, 7) is 4.34. The van der Waals surface area contributed by atoms with Gasteiger partial charge >= 0.3 is 6.03 Å². The molecule has 3 rings (SSSR count). The van der Waals surface area contributed by atoms with E-state index in [1.54, 1.807) is 36.3 Å². The van der Waals surface area contributed by atoms with Crippen LogP contribution in [-0.2, 0) is 9.59 Å². The fraction of sp³-hybridized carbons (Fsp3) is 0.526. The van der Waals surface area contributed by atoms with Crippen LogP contribution in [0.2, 0.25) is 0 Å². The van der Waals surface area contributed by atoms with Gasteiger partial charge in [0.05, 0.1) is 7.11 Å². The molecule has 0 radical (unpaired) electrons. The van der Waals surface area contributed by atoms with Crippen LogP contribution in [0.15, 0.2) is 24.3 Å². The lowest BCUT2D eigenvalue weighted by molar-refractivity contribution is -0.140. The van der Waals surface area contributed by atoms with Crippen LogP contribution in [-0.4, -0.2) is 66.0 Å². The van der Waals surface area contributed by atoms with Crippen LogP contribution in [0.1, 0.15) is 26.7 Å². The molecule has 2 aliphatic heterocycles.